The lowest BCUT2D eigenvalue weighted by Crippen LogP contribution is -2.43. The van der Waals surface area contributed by atoms with Crippen LogP contribution in [0.2, 0.25) is 0 Å². The van der Waals surface area contributed by atoms with Crippen molar-refractivity contribution >= 4 is 11.9 Å². The van der Waals surface area contributed by atoms with Crippen molar-refractivity contribution in [1.82, 2.24) is 4.90 Å². The molecule has 1 saturated carbocycles. The maximum atomic E-state index is 12.6. The molecule has 1 fully saturated rings. The Labute approximate surface area is 122 Å². The summed E-state index contributed by atoms with van der Waals surface area (Å²) in [5, 5.41) is 8.79. The Hall–Kier alpha value is -1.06. The number of amides is 1. The third kappa shape index (κ3) is 4.80. The Balaban J connectivity index is 2.56. The van der Waals surface area contributed by atoms with Crippen LogP contribution in [0.3, 0.4) is 0 Å². The lowest BCUT2D eigenvalue weighted by Gasteiger charge is -2.35. The van der Waals surface area contributed by atoms with E-state index in [1.807, 2.05) is 13.8 Å². The molecule has 0 aromatic carbocycles. The third-order valence-corrected chi connectivity index (χ3v) is 4.54. The van der Waals surface area contributed by atoms with Gasteiger partial charge in [0.1, 0.15) is 0 Å². The van der Waals surface area contributed by atoms with Crippen LogP contribution in [0.25, 0.3) is 0 Å². The van der Waals surface area contributed by atoms with Crippen molar-refractivity contribution in [2.75, 3.05) is 6.54 Å². The van der Waals surface area contributed by atoms with E-state index in [0.29, 0.717) is 12.5 Å². The predicted molar refractivity (Wildman–Crippen MR) is 79.4 cm³/mol. The van der Waals surface area contributed by atoms with Gasteiger partial charge in [0.15, 0.2) is 0 Å². The van der Waals surface area contributed by atoms with Crippen LogP contribution in [0, 0.1) is 17.8 Å². The molecule has 0 saturated heterocycles. The summed E-state index contributed by atoms with van der Waals surface area (Å²) in [6.07, 6.45) is 4.19. The molecule has 1 aliphatic carbocycles. The van der Waals surface area contributed by atoms with Gasteiger partial charge in [-0.25, -0.2) is 0 Å². The minimum absolute atomic E-state index is 0.0330. The molecule has 0 heterocycles. The standard InChI is InChI=1S/C16H29NO3/c1-11(2)13-5-7-14(8-6-13)16(20)17(12(3)4)10-9-15(18)19/h11-14H,5-10H2,1-4H3,(H,18,19). The van der Waals surface area contributed by atoms with Crippen molar-refractivity contribution in [2.24, 2.45) is 17.8 Å². The summed E-state index contributed by atoms with van der Waals surface area (Å²) >= 11 is 0. The maximum Gasteiger partial charge on any atom is 0.305 e. The Morgan fingerprint density at radius 3 is 2.05 bits per heavy atom. The predicted octanol–water partition coefficient (Wildman–Crippen LogP) is 3.16. The molecule has 20 heavy (non-hydrogen) atoms. The molecule has 4 nitrogen and oxygen atoms in total. The monoisotopic (exact) mass is 283 g/mol. The van der Waals surface area contributed by atoms with Gasteiger partial charge >= 0.3 is 5.97 Å². The first-order valence-corrected chi connectivity index (χ1v) is 7.85. The largest absolute Gasteiger partial charge is 0.481 e. The highest BCUT2D eigenvalue weighted by Gasteiger charge is 2.31. The minimum Gasteiger partial charge on any atom is -0.481 e. The fourth-order valence-corrected chi connectivity index (χ4v) is 3.11. The zero-order chi connectivity index (χ0) is 15.3. The number of carboxylic acid groups (broad SMARTS) is 1. The molecule has 0 bridgehead atoms. The van der Waals surface area contributed by atoms with Crippen LogP contribution >= 0.6 is 0 Å². The molecule has 4 heteroatoms. The maximum absolute atomic E-state index is 12.6. The van der Waals surface area contributed by atoms with Crippen molar-refractivity contribution < 1.29 is 14.7 Å². The number of carbonyl (C=O) groups is 2. The second kappa shape index (κ2) is 7.65. The lowest BCUT2D eigenvalue weighted by molar-refractivity contribution is -0.141. The summed E-state index contributed by atoms with van der Waals surface area (Å²) in [5.74, 6) is 0.849. The van der Waals surface area contributed by atoms with E-state index in [0.717, 1.165) is 31.6 Å². The van der Waals surface area contributed by atoms with Gasteiger partial charge in [0.2, 0.25) is 5.91 Å². The number of carboxylic acids is 1. The zero-order valence-electron chi connectivity index (χ0n) is 13.3. The molecule has 0 aromatic rings. The van der Waals surface area contributed by atoms with E-state index >= 15 is 0 Å². The minimum atomic E-state index is -0.841. The highest BCUT2D eigenvalue weighted by atomic mass is 16.4. The quantitative estimate of drug-likeness (QED) is 0.814. The van der Waals surface area contributed by atoms with Gasteiger partial charge in [-0.1, -0.05) is 13.8 Å². The molecule has 1 rings (SSSR count). The summed E-state index contributed by atoms with van der Waals surface area (Å²) in [5.41, 5.74) is 0. The molecule has 0 aromatic heterocycles. The van der Waals surface area contributed by atoms with Crippen LogP contribution in [-0.2, 0) is 9.59 Å². The van der Waals surface area contributed by atoms with Crippen LogP contribution in [0.1, 0.15) is 59.8 Å². The zero-order valence-corrected chi connectivity index (χ0v) is 13.3. The highest BCUT2D eigenvalue weighted by Crippen LogP contribution is 2.34. The summed E-state index contributed by atoms with van der Waals surface area (Å²) in [6, 6.07) is 0.0738. The molecule has 1 amide bonds. The van der Waals surface area contributed by atoms with E-state index in [-0.39, 0.29) is 24.3 Å². The summed E-state index contributed by atoms with van der Waals surface area (Å²) in [4.78, 5) is 25.0. The van der Waals surface area contributed by atoms with Crippen molar-refractivity contribution in [2.45, 2.75) is 65.8 Å². The SMILES string of the molecule is CC(C)C1CCC(C(=O)N(CCC(=O)O)C(C)C)CC1. The Morgan fingerprint density at radius 1 is 1.10 bits per heavy atom. The van der Waals surface area contributed by atoms with Gasteiger partial charge in [-0.15, -0.1) is 0 Å². The van der Waals surface area contributed by atoms with Crippen LogP contribution < -0.4 is 0 Å². The van der Waals surface area contributed by atoms with Gasteiger partial charge in [0.25, 0.3) is 0 Å². The third-order valence-electron chi connectivity index (χ3n) is 4.54. The normalized spacial score (nSPS) is 23.1. The first kappa shape index (κ1) is 17.0. The molecule has 116 valence electrons. The van der Waals surface area contributed by atoms with Gasteiger partial charge < -0.3 is 10.0 Å². The number of hydrogen-bond donors (Lipinski definition) is 1. The van der Waals surface area contributed by atoms with E-state index in [4.69, 9.17) is 5.11 Å². The fraction of sp³-hybridized carbons (Fsp3) is 0.875. The molecule has 0 unspecified atom stereocenters. The first-order chi connectivity index (χ1) is 9.32. The number of carbonyl (C=O) groups excluding carboxylic acids is 1. The van der Waals surface area contributed by atoms with Crippen molar-refractivity contribution in [3.63, 3.8) is 0 Å². The summed E-state index contributed by atoms with van der Waals surface area (Å²) < 4.78 is 0. The molecular formula is C16H29NO3. The molecule has 0 aliphatic heterocycles. The van der Waals surface area contributed by atoms with E-state index in [2.05, 4.69) is 13.8 Å². The van der Waals surface area contributed by atoms with Gasteiger partial charge in [-0.05, 0) is 51.4 Å². The van der Waals surface area contributed by atoms with Gasteiger partial charge in [-0.2, -0.15) is 0 Å². The van der Waals surface area contributed by atoms with Gasteiger partial charge in [0, 0.05) is 18.5 Å². The van der Waals surface area contributed by atoms with Gasteiger partial charge in [0.05, 0.1) is 6.42 Å². The first-order valence-electron chi connectivity index (χ1n) is 7.85. The molecule has 1 N–H and O–H groups in total. The van der Waals surface area contributed by atoms with Crippen molar-refractivity contribution in [3.8, 4) is 0 Å². The van der Waals surface area contributed by atoms with E-state index in [1.54, 1.807) is 4.90 Å². The number of nitrogens with zero attached hydrogens (tertiary/aromatic N) is 1. The van der Waals surface area contributed by atoms with Crippen LogP contribution in [0.5, 0.6) is 0 Å². The molecular weight excluding hydrogens is 254 g/mol. The van der Waals surface area contributed by atoms with Crippen molar-refractivity contribution in [3.05, 3.63) is 0 Å². The lowest BCUT2D eigenvalue weighted by atomic mass is 9.76. The highest BCUT2D eigenvalue weighted by molar-refractivity contribution is 5.79. The molecule has 0 spiro atoms. The fourth-order valence-electron chi connectivity index (χ4n) is 3.11. The van der Waals surface area contributed by atoms with Crippen LogP contribution in [0.4, 0.5) is 0 Å². The van der Waals surface area contributed by atoms with E-state index < -0.39 is 5.97 Å². The van der Waals surface area contributed by atoms with E-state index in [1.165, 1.54) is 0 Å². The Kier molecular flexibility index (Phi) is 6.50. The van der Waals surface area contributed by atoms with Crippen molar-refractivity contribution in [1.29, 1.82) is 0 Å². The van der Waals surface area contributed by atoms with E-state index in [9.17, 15) is 9.59 Å². The number of aliphatic carboxylic acids is 1. The van der Waals surface area contributed by atoms with Gasteiger partial charge in [-0.3, -0.25) is 9.59 Å². The molecule has 1 aliphatic rings. The second-order valence-corrected chi connectivity index (χ2v) is 6.62. The smallest absolute Gasteiger partial charge is 0.305 e. The van der Waals surface area contributed by atoms with Crippen LogP contribution in [-0.4, -0.2) is 34.5 Å². The topological polar surface area (TPSA) is 57.6 Å². The average Bonchev–Trinajstić information content (AvgIpc) is 2.38. The molecule has 0 atom stereocenters. The number of hydrogen-bond acceptors (Lipinski definition) is 2. The molecule has 0 radical (unpaired) electrons. The van der Waals surface area contributed by atoms with Crippen LogP contribution in [0.15, 0.2) is 0 Å². The summed E-state index contributed by atoms with van der Waals surface area (Å²) in [7, 11) is 0. The number of rotatable bonds is 6. The summed E-state index contributed by atoms with van der Waals surface area (Å²) in [6.45, 7) is 8.75. The second-order valence-electron chi connectivity index (χ2n) is 6.62. The average molecular weight is 283 g/mol. The Bertz CT molecular complexity index is 331. The Morgan fingerprint density at radius 2 is 1.65 bits per heavy atom.